The molecule has 2 aliphatic heterocycles. The molecule has 1 unspecified atom stereocenters. The number of hydrogen-bond donors (Lipinski definition) is 1. The van der Waals surface area contributed by atoms with Gasteiger partial charge in [0.05, 0.1) is 11.0 Å². The van der Waals surface area contributed by atoms with Crippen LogP contribution in [0.15, 0.2) is 103 Å². The molecular formula is C43H45NO4. The van der Waals surface area contributed by atoms with Crippen LogP contribution in [0, 0.1) is 11.3 Å². The van der Waals surface area contributed by atoms with Crippen LogP contribution in [0.1, 0.15) is 66.3 Å². The van der Waals surface area contributed by atoms with E-state index in [2.05, 4.69) is 71.6 Å². The van der Waals surface area contributed by atoms with Crippen LogP contribution in [0.3, 0.4) is 0 Å². The van der Waals surface area contributed by atoms with Crippen molar-refractivity contribution >= 4 is 5.78 Å². The molecule has 5 heteroatoms. The molecule has 1 saturated heterocycles. The minimum absolute atomic E-state index is 0.0478. The number of benzene rings is 4. The van der Waals surface area contributed by atoms with Gasteiger partial charge >= 0.3 is 0 Å². The number of carbonyl (C=O) groups is 1. The third kappa shape index (κ3) is 4.76. The maximum Gasteiger partial charge on any atom is 0.180 e. The summed E-state index contributed by atoms with van der Waals surface area (Å²) in [7, 11) is 0. The highest BCUT2D eigenvalue weighted by Gasteiger charge is 2.77. The van der Waals surface area contributed by atoms with E-state index in [0.29, 0.717) is 37.4 Å². The van der Waals surface area contributed by atoms with Crippen LogP contribution in [0.5, 0.6) is 11.5 Å². The van der Waals surface area contributed by atoms with Crippen molar-refractivity contribution in [2.45, 2.75) is 87.6 Å². The molecule has 9 rings (SSSR count). The molecule has 5 nitrogen and oxygen atoms in total. The van der Waals surface area contributed by atoms with Crippen molar-refractivity contribution in [1.29, 1.82) is 0 Å². The summed E-state index contributed by atoms with van der Waals surface area (Å²) < 4.78 is 13.5. The molecule has 5 aliphatic rings. The Morgan fingerprint density at radius 3 is 2.06 bits per heavy atom. The summed E-state index contributed by atoms with van der Waals surface area (Å²) in [6, 6.07) is 35.4. The number of piperidine rings is 1. The van der Waals surface area contributed by atoms with Gasteiger partial charge < -0.3 is 14.6 Å². The number of Topliss-reactive ketones (excluding diaryl/α,β-unsaturated/α-hetero) is 1. The SMILES string of the molecule is O=C1[C@@H]2Oc3c(OCc4ccccc4)ccc4c3[C@@]23CCN(CC2CC2)C(C4)[C@]3(O)CC1(CCc1ccccc1)CCc1ccccc1. The van der Waals surface area contributed by atoms with Crippen molar-refractivity contribution in [2.24, 2.45) is 11.3 Å². The molecule has 48 heavy (non-hydrogen) atoms. The number of aryl methyl sites for hydroxylation is 2. The summed E-state index contributed by atoms with van der Waals surface area (Å²) in [5.74, 6) is 2.26. The van der Waals surface area contributed by atoms with Gasteiger partial charge in [0.15, 0.2) is 23.4 Å². The van der Waals surface area contributed by atoms with Crippen molar-refractivity contribution < 1.29 is 19.4 Å². The minimum atomic E-state index is -1.09. The van der Waals surface area contributed by atoms with E-state index in [1.807, 2.05) is 36.4 Å². The number of carbonyl (C=O) groups excluding carboxylic acids is 1. The zero-order valence-corrected chi connectivity index (χ0v) is 27.7. The second-order valence-corrected chi connectivity index (χ2v) is 15.3. The van der Waals surface area contributed by atoms with E-state index in [-0.39, 0.29) is 11.8 Å². The van der Waals surface area contributed by atoms with Crippen LogP contribution in [-0.2, 0) is 36.1 Å². The van der Waals surface area contributed by atoms with Gasteiger partial charge in [0, 0.05) is 23.6 Å². The number of ketones is 1. The fraction of sp³-hybridized carbons (Fsp3) is 0.419. The number of ether oxygens (including phenoxy) is 2. The summed E-state index contributed by atoms with van der Waals surface area (Å²) >= 11 is 0. The Morgan fingerprint density at radius 2 is 1.44 bits per heavy atom. The second kappa shape index (κ2) is 11.6. The maximum absolute atomic E-state index is 15.4. The molecule has 2 bridgehead atoms. The molecule has 4 atom stereocenters. The van der Waals surface area contributed by atoms with Crippen LogP contribution < -0.4 is 9.47 Å². The van der Waals surface area contributed by atoms with E-state index in [0.717, 1.165) is 55.8 Å². The van der Waals surface area contributed by atoms with Gasteiger partial charge in [-0.05, 0) is 98.6 Å². The number of aliphatic hydroxyl groups is 1. The zero-order chi connectivity index (χ0) is 32.3. The average molecular weight is 640 g/mol. The largest absolute Gasteiger partial charge is 0.485 e. The van der Waals surface area contributed by atoms with Gasteiger partial charge in [0.25, 0.3) is 0 Å². The van der Waals surface area contributed by atoms with E-state index in [1.54, 1.807) is 0 Å². The molecule has 0 aromatic heterocycles. The topological polar surface area (TPSA) is 59.0 Å². The molecular weight excluding hydrogens is 594 g/mol. The van der Waals surface area contributed by atoms with Crippen molar-refractivity contribution in [3.63, 3.8) is 0 Å². The molecule has 0 radical (unpaired) electrons. The van der Waals surface area contributed by atoms with E-state index in [9.17, 15) is 5.11 Å². The maximum atomic E-state index is 15.4. The molecule has 3 fully saturated rings. The first kappa shape index (κ1) is 30.2. The fourth-order valence-electron chi connectivity index (χ4n) is 9.97. The van der Waals surface area contributed by atoms with Crippen LogP contribution in [-0.4, -0.2) is 46.6 Å². The predicted octanol–water partition coefficient (Wildman–Crippen LogP) is 7.26. The Hall–Kier alpha value is -3.93. The van der Waals surface area contributed by atoms with Crippen LogP contribution >= 0.6 is 0 Å². The van der Waals surface area contributed by atoms with Gasteiger partial charge in [-0.25, -0.2) is 0 Å². The number of hydrogen-bond acceptors (Lipinski definition) is 5. The third-order valence-corrected chi connectivity index (χ3v) is 12.6. The Labute approximate surface area is 283 Å². The quantitative estimate of drug-likeness (QED) is 0.187. The molecule has 2 heterocycles. The molecule has 0 amide bonds. The summed E-state index contributed by atoms with van der Waals surface area (Å²) in [6.45, 7) is 2.33. The van der Waals surface area contributed by atoms with Gasteiger partial charge in [-0.2, -0.15) is 0 Å². The van der Waals surface area contributed by atoms with Gasteiger partial charge in [0.1, 0.15) is 6.61 Å². The monoisotopic (exact) mass is 639 g/mol. The molecule has 3 aliphatic carbocycles. The fourth-order valence-corrected chi connectivity index (χ4v) is 9.97. The first-order chi connectivity index (χ1) is 23.5. The summed E-state index contributed by atoms with van der Waals surface area (Å²) in [4.78, 5) is 18.0. The van der Waals surface area contributed by atoms with Crippen LogP contribution in [0.2, 0.25) is 0 Å². The Balaban J connectivity index is 1.15. The van der Waals surface area contributed by atoms with Crippen LogP contribution in [0.4, 0.5) is 0 Å². The van der Waals surface area contributed by atoms with Gasteiger partial charge in [0.2, 0.25) is 0 Å². The lowest BCUT2D eigenvalue weighted by Gasteiger charge is -2.65. The number of rotatable bonds is 11. The Morgan fingerprint density at radius 1 is 0.812 bits per heavy atom. The van der Waals surface area contributed by atoms with Crippen molar-refractivity contribution in [3.05, 3.63) is 131 Å². The Bertz CT molecular complexity index is 1760. The van der Waals surface area contributed by atoms with E-state index >= 15 is 4.79 Å². The second-order valence-electron chi connectivity index (χ2n) is 15.3. The van der Waals surface area contributed by atoms with Gasteiger partial charge in [-0.3, -0.25) is 9.69 Å². The minimum Gasteiger partial charge on any atom is -0.485 e. The molecule has 246 valence electrons. The molecule has 2 saturated carbocycles. The van der Waals surface area contributed by atoms with Crippen LogP contribution in [0.25, 0.3) is 0 Å². The lowest BCUT2D eigenvalue weighted by molar-refractivity contribution is -0.211. The number of nitrogens with zero attached hydrogens (tertiary/aromatic N) is 1. The smallest absolute Gasteiger partial charge is 0.180 e. The highest BCUT2D eigenvalue weighted by Crippen LogP contribution is 2.68. The summed E-state index contributed by atoms with van der Waals surface area (Å²) in [5.41, 5.74) is 3.21. The summed E-state index contributed by atoms with van der Waals surface area (Å²) in [5, 5.41) is 13.6. The third-order valence-electron chi connectivity index (χ3n) is 12.6. The first-order valence-corrected chi connectivity index (χ1v) is 18.1. The molecule has 4 aromatic carbocycles. The standard InChI is InChI=1S/C43H45NO4/c45-39-40-42-24-25-44(27-32-16-17-32)36(26-34-18-19-35(38(48-40)37(34)42)47-28-33-14-8-3-9-15-33)43(42,46)29-41(39,22-20-30-10-4-1-5-11-30)23-21-31-12-6-2-7-13-31/h1-15,18-19,32,36,40,46H,16-17,20-29H2/t36?,40-,42-,43+/m0/s1. The molecule has 1 N–H and O–H groups in total. The average Bonchev–Trinajstić information content (AvgIpc) is 3.87. The van der Waals surface area contributed by atoms with Crippen molar-refractivity contribution in [1.82, 2.24) is 4.90 Å². The normalized spacial score (nSPS) is 28.1. The summed E-state index contributed by atoms with van der Waals surface area (Å²) in [6.07, 6.45) is 6.74. The lowest BCUT2D eigenvalue weighted by Crippen LogP contribution is -2.79. The van der Waals surface area contributed by atoms with Gasteiger partial charge in [-0.15, -0.1) is 0 Å². The van der Waals surface area contributed by atoms with Gasteiger partial charge in [-0.1, -0.05) is 97.1 Å². The van der Waals surface area contributed by atoms with E-state index < -0.39 is 22.5 Å². The van der Waals surface area contributed by atoms with E-state index in [4.69, 9.17) is 9.47 Å². The van der Waals surface area contributed by atoms with E-state index in [1.165, 1.54) is 29.5 Å². The predicted molar refractivity (Wildman–Crippen MR) is 186 cm³/mol. The number of likely N-dealkylation sites (tertiary alicyclic amines) is 1. The zero-order valence-electron chi connectivity index (χ0n) is 27.7. The highest BCUT2D eigenvalue weighted by atomic mass is 16.5. The molecule has 4 aromatic rings. The molecule has 1 spiro atoms. The van der Waals surface area contributed by atoms with Crippen molar-refractivity contribution in [3.8, 4) is 11.5 Å². The van der Waals surface area contributed by atoms with Crippen molar-refractivity contribution in [2.75, 3.05) is 13.1 Å². The Kier molecular flexibility index (Phi) is 7.29. The lowest BCUT2D eigenvalue weighted by atomic mass is 9.43. The first-order valence-electron chi connectivity index (χ1n) is 18.1. The highest BCUT2D eigenvalue weighted by molar-refractivity contribution is 5.95.